The Morgan fingerprint density at radius 1 is 1.33 bits per heavy atom. The monoisotopic (exact) mass is 286 g/mol. The molecular formula is C15H18N4O2. The van der Waals surface area contributed by atoms with E-state index in [1.54, 1.807) is 15.8 Å². The number of aliphatic hydroxyl groups excluding tert-OH is 1. The lowest BCUT2D eigenvalue weighted by Crippen LogP contribution is -2.40. The van der Waals surface area contributed by atoms with Gasteiger partial charge in [0.15, 0.2) is 5.69 Å². The van der Waals surface area contributed by atoms with Gasteiger partial charge in [-0.2, -0.15) is 0 Å². The Morgan fingerprint density at radius 2 is 2.10 bits per heavy atom. The smallest absolute Gasteiger partial charge is 0.276 e. The Morgan fingerprint density at radius 3 is 2.81 bits per heavy atom. The number of amides is 1. The Balaban J connectivity index is 1.77. The number of carbonyl (C=O) groups is 1. The molecule has 3 rings (SSSR count). The molecule has 0 unspecified atom stereocenters. The van der Waals surface area contributed by atoms with Crippen molar-refractivity contribution in [3.63, 3.8) is 0 Å². The summed E-state index contributed by atoms with van der Waals surface area (Å²) in [5.41, 5.74) is 2.35. The minimum absolute atomic E-state index is 0.124. The van der Waals surface area contributed by atoms with Crippen LogP contribution in [0.5, 0.6) is 0 Å². The van der Waals surface area contributed by atoms with E-state index in [0.29, 0.717) is 31.6 Å². The summed E-state index contributed by atoms with van der Waals surface area (Å²) in [5.74, 6) is -0.124. The zero-order chi connectivity index (χ0) is 14.8. The summed E-state index contributed by atoms with van der Waals surface area (Å²) in [6.07, 6.45) is 2.61. The number of nitrogens with zero attached hydrogens (tertiary/aromatic N) is 4. The van der Waals surface area contributed by atoms with Crippen LogP contribution in [0.2, 0.25) is 0 Å². The van der Waals surface area contributed by atoms with E-state index in [-0.39, 0.29) is 12.0 Å². The molecule has 110 valence electrons. The van der Waals surface area contributed by atoms with Gasteiger partial charge < -0.3 is 10.0 Å². The van der Waals surface area contributed by atoms with E-state index in [1.807, 2.05) is 31.2 Å². The Labute approximate surface area is 123 Å². The molecule has 0 spiro atoms. The molecule has 0 atom stereocenters. The largest absolute Gasteiger partial charge is 0.393 e. The normalized spacial score (nSPS) is 16.2. The molecule has 0 saturated carbocycles. The second kappa shape index (κ2) is 5.65. The minimum atomic E-state index is -0.294. The highest BCUT2D eigenvalue weighted by molar-refractivity contribution is 5.92. The van der Waals surface area contributed by atoms with Crippen LogP contribution in [0.1, 0.15) is 28.9 Å². The fraction of sp³-hybridized carbons (Fsp3) is 0.400. The molecule has 1 aromatic heterocycles. The number of benzene rings is 1. The molecule has 1 fully saturated rings. The fourth-order valence-corrected chi connectivity index (χ4v) is 2.49. The SMILES string of the molecule is Cc1cccc(-n2cc(C(=O)N3CCC(O)CC3)nn2)c1. The average molecular weight is 286 g/mol. The van der Waals surface area contributed by atoms with E-state index < -0.39 is 0 Å². The summed E-state index contributed by atoms with van der Waals surface area (Å²) in [6, 6.07) is 7.86. The van der Waals surface area contributed by atoms with Gasteiger partial charge in [-0.25, -0.2) is 4.68 Å². The van der Waals surface area contributed by atoms with Crippen molar-refractivity contribution in [2.75, 3.05) is 13.1 Å². The maximum atomic E-state index is 12.3. The second-order valence-corrected chi connectivity index (χ2v) is 5.41. The standard InChI is InChI=1S/C15H18N4O2/c1-11-3-2-4-12(9-11)19-10-14(16-17-19)15(21)18-7-5-13(20)6-8-18/h2-4,9-10,13,20H,5-8H2,1H3. The number of hydrogen-bond donors (Lipinski definition) is 1. The van der Waals surface area contributed by atoms with Crippen LogP contribution in [0.3, 0.4) is 0 Å². The molecule has 1 saturated heterocycles. The quantitative estimate of drug-likeness (QED) is 0.899. The van der Waals surface area contributed by atoms with E-state index in [1.165, 1.54) is 0 Å². The number of aliphatic hydroxyl groups is 1. The van der Waals surface area contributed by atoms with Gasteiger partial charge in [-0.1, -0.05) is 17.3 Å². The molecule has 2 aromatic rings. The predicted octanol–water partition coefficient (Wildman–Crippen LogP) is 1.17. The molecule has 6 nitrogen and oxygen atoms in total. The second-order valence-electron chi connectivity index (χ2n) is 5.41. The first-order valence-corrected chi connectivity index (χ1v) is 7.10. The number of aryl methyl sites for hydroxylation is 1. The lowest BCUT2D eigenvalue weighted by molar-refractivity contribution is 0.0541. The van der Waals surface area contributed by atoms with Gasteiger partial charge in [0.25, 0.3) is 5.91 Å². The van der Waals surface area contributed by atoms with Crippen LogP contribution in [0.4, 0.5) is 0 Å². The lowest BCUT2D eigenvalue weighted by Gasteiger charge is -2.28. The number of carbonyl (C=O) groups excluding carboxylic acids is 1. The molecule has 1 aliphatic rings. The molecule has 2 heterocycles. The highest BCUT2D eigenvalue weighted by Crippen LogP contribution is 2.14. The van der Waals surface area contributed by atoms with Crippen LogP contribution < -0.4 is 0 Å². The molecule has 6 heteroatoms. The number of aromatic nitrogens is 3. The van der Waals surface area contributed by atoms with Gasteiger partial charge >= 0.3 is 0 Å². The maximum absolute atomic E-state index is 12.3. The maximum Gasteiger partial charge on any atom is 0.276 e. The number of piperidine rings is 1. The fourth-order valence-electron chi connectivity index (χ4n) is 2.49. The summed E-state index contributed by atoms with van der Waals surface area (Å²) < 4.78 is 1.61. The molecule has 0 bridgehead atoms. The third-order valence-electron chi connectivity index (χ3n) is 3.73. The first kappa shape index (κ1) is 13.8. The zero-order valence-electron chi connectivity index (χ0n) is 11.9. The molecule has 1 amide bonds. The zero-order valence-corrected chi connectivity index (χ0v) is 11.9. The van der Waals surface area contributed by atoms with Gasteiger partial charge in [-0.15, -0.1) is 5.10 Å². The summed E-state index contributed by atoms with van der Waals surface area (Å²) in [6.45, 7) is 3.14. The van der Waals surface area contributed by atoms with Crippen LogP contribution in [0, 0.1) is 6.92 Å². The average Bonchev–Trinajstić information content (AvgIpc) is 2.97. The van der Waals surface area contributed by atoms with Crippen LogP contribution >= 0.6 is 0 Å². The van der Waals surface area contributed by atoms with Gasteiger partial charge in [0.05, 0.1) is 18.0 Å². The first-order valence-electron chi connectivity index (χ1n) is 7.10. The molecule has 21 heavy (non-hydrogen) atoms. The molecule has 0 radical (unpaired) electrons. The van der Waals surface area contributed by atoms with Crippen LogP contribution in [0.15, 0.2) is 30.5 Å². The van der Waals surface area contributed by atoms with E-state index in [0.717, 1.165) is 11.3 Å². The summed E-state index contributed by atoms with van der Waals surface area (Å²) >= 11 is 0. The van der Waals surface area contributed by atoms with Crippen LogP contribution in [-0.4, -0.2) is 50.1 Å². The highest BCUT2D eigenvalue weighted by atomic mass is 16.3. The Bertz CT molecular complexity index is 645. The molecular weight excluding hydrogens is 268 g/mol. The molecule has 1 aromatic carbocycles. The van der Waals surface area contributed by atoms with Crippen molar-refractivity contribution in [2.45, 2.75) is 25.9 Å². The van der Waals surface area contributed by atoms with Crippen molar-refractivity contribution in [3.05, 3.63) is 41.7 Å². The van der Waals surface area contributed by atoms with Crippen molar-refractivity contribution in [3.8, 4) is 5.69 Å². The molecule has 1 N–H and O–H groups in total. The number of rotatable bonds is 2. The first-order chi connectivity index (χ1) is 10.1. The minimum Gasteiger partial charge on any atom is -0.393 e. The predicted molar refractivity (Wildman–Crippen MR) is 77.2 cm³/mol. The van der Waals surface area contributed by atoms with E-state index in [9.17, 15) is 9.90 Å². The summed E-state index contributed by atoms with van der Waals surface area (Å²) in [7, 11) is 0. The van der Waals surface area contributed by atoms with Crippen molar-refractivity contribution < 1.29 is 9.90 Å². The third-order valence-corrected chi connectivity index (χ3v) is 3.73. The van der Waals surface area contributed by atoms with E-state index in [2.05, 4.69) is 10.3 Å². The van der Waals surface area contributed by atoms with Gasteiger partial charge in [-0.3, -0.25) is 4.79 Å². The molecule has 1 aliphatic heterocycles. The van der Waals surface area contributed by atoms with Gasteiger partial charge in [-0.05, 0) is 37.5 Å². The summed E-state index contributed by atoms with van der Waals surface area (Å²) in [5, 5.41) is 17.5. The number of hydrogen-bond acceptors (Lipinski definition) is 4. The van der Waals surface area contributed by atoms with Crippen LogP contribution in [0.25, 0.3) is 5.69 Å². The van der Waals surface area contributed by atoms with Crippen molar-refractivity contribution in [1.82, 2.24) is 19.9 Å². The summed E-state index contributed by atoms with van der Waals surface area (Å²) in [4.78, 5) is 14.1. The van der Waals surface area contributed by atoms with Gasteiger partial charge in [0.2, 0.25) is 0 Å². The highest BCUT2D eigenvalue weighted by Gasteiger charge is 2.24. The van der Waals surface area contributed by atoms with E-state index >= 15 is 0 Å². The lowest BCUT2D eigenvalue weighted by atomic mass is 10.1. The van der Waals surface area contributed by atoms with Crippen LogP contribution in [-0.2, 0) is 0 Å². The Hall–Kier alpha value is -2.21. The number of likely N-dealkylation sites (tertiary alicyclic amines) is 1. The van der Waals surface area contributed by atoms with Crippen molar-refractivity contribution in [2.24, 2.45) is 0 Å². The third kappa shape index (κ3) is 2.95. The van der Waals surface area contributed by atoms with Crippen molar-refractivity contribution >= 4 is 5.91 Å². The van der Waals surface area contributed by atoms with E-state index in [4.69, 9.17) is 0 Å². The molecule has 0 aliphatic carbocycles. The van der Waals surface area contributed by atoms with Gasteiger partial charge in [0, 0.05) is 13.1 Å². The topological polar surface area (TPSA) is 71.2 Å². The van der Waals surface area contributed by atoms with Gasteiger partial charge in [0.1, 0.15) is 0 Å². The Kier molecular flexibility index (Phi) is 3.70. The van der Waals surface area contributed by atoms with Crippen molar-refractivity contribution in [1.29, 1.82) is 0 Å².